The number of carbonyl (C=O) groups excluding carboxylic acids is 1. The van der Waals surface area contributed by atoms with E-state index in [1.165, 1.54) is 21.4 Å². The van der Waals surface area contributed by atoms with E-state index in [0.717, 1.165) is 18.5 Å². The van der Waals surface area contributed by atoms with E-state index in [0.29, 0.717) is 39.3 Å². The van der Waals surface area contributed by atoms with Gasteiger partial charge in [0.1, 0.15) is 10.9 Å². The van der Waals surface area contributed by atoms with Crippen molar-refractivity contribution in [2.45, 2.75) is 30.2 Å². The second-order valence-electron chi connectivity index (χ2n) is 7.02. The van der Waals surface area contributed by atoms with Gasteiger partial charge < -0.3 is 9.64 Å². The van der Waals surface area contributed by atoms with Gasteiger partial charge in [-0.15, -0.1) is 0 Å². The van der Waals surface area contributed by atoms with Crippen LogP contribution >= 0.6 is 0 Å². The Hall–Kier alpha value is -2.23. The van der Waals surface area contributed by atoms with E-state index in [1.807, 2.05) is 30.3 Å². The lowest BCUT2D eigenvalue weighted by molar-refractivity contribution is -0.140. The smallest absolute Gasteiger partial charge is 0.246 e. The molecule has 2 saturated heterocycles. The van der Waals surface area contributed by atoms with Gasteiger partial charge in [0.25, 0.3) is 0 Å². The first kappa shape index (κ1) is 19.1. The molecule has 8 nitrogen and oxygen atoms in total. The summed E-state index contributed by atoms with van der Waals surface area (Å²) >= 11 is 0. The molecule has 0 N–H and O–H groups in total. The van der Waals surface area contributed by atoms with Crippen LogP contribution in [0.5, 0.6) is 0 Å². The van der Waals surface area contributed by atoms with Gasteiger partial charge in [-0.25, -0.2) is 13.1 Å². The van der Waals surface area contributed by atoms with Crippen molar-refractivity contribution < 1.29 is 17.9 Å². The molecule has 3 heterocycles. The number of aromatic nitrogens is 2. The highest BCUT2D eigenvalue weighted by molar-refractivity contribution is 7.89. The van der Waals surface area contributed by atoms with E-state index in [1.54, 1.807) is 4.90 Å². The van der Waals surface area contributed by atoms with Gasteiger partial charge in [-0.1, -0.05) is 24.6 Å². The molecule has 1 aromatic heterocycles. The maximum Gasteiger partial charge on any atom is 0.246 e. The third-order valence-corrected chi connectivity index (χ3v) is 7.11. The first-order valence-electron chi connectivity index (χ1n) is 9.56. The molecule has 1 amide bonds. The maximum atomic E-state index is 13.3. The molecule has 0 radical (unpaired) electrons. The van der Waals surface area contributed by atoms with Crippen LogP contribution in [-0.4, -0.2) is 72.2 Å². The number of piperidine rings is 1. The zero-order valence-corrected chi connectivity index (χ0v) is 16.4. The predicted octanol–water partition coefficient (Wildman–Crippen LogP) is 1.27. The Bertz CT molecular complexity index is 922. The monoisotopic (exact) mass is 404 g/mol. The van der Waals surface area contributed by atoms with Gasteiger partial charge in [-0.3, -0.25) is 4.79 Å². The molecular weight excluding hydrogens is 380 g/mol. The van der Waals surface area contributed by atoms with Crippen molar-refractivity contribution in [1.82, 2.24) is 19.0 Å². The van der Waals surface area contributed by atoms with Gasteiger partial charge in [0, 0.05) is 19.6 Å². The van der Waals surface area contributed by atoms with Crippen LogP contribution < -0.4 is 0 Å². The lowest BCUT2D eigenvalue weighted by Gasteiger charge is -2.37. The number of morpholine rings is 1. The van der Waals surface area contributed by atoms with Crippen LogP contribution in [0.1, 0.15) is 19.3 Å². The largest absolute Gasteiger partial charge is 0.378 e. The van der Waals surface area contributed by atoms with Crippen LogP contribution in [0.15, 0.2) is 47.6 Å². The van der Waals surface area contributed by atoms with Crippen LogP contribution in [0.2, 0.25) is 0 Å². The maximum absolute atomic E-state index is 13.3. The number of benzene rings is 1. The molecule has 2 aliphatic rings. The molecule has 0 spiro atoms. The Morgan fingerprint density at radius 2 is 1.82 bits per heavy atom. The zero-order valence-electron chi connectivity index (χ0n) is 15.6. The molecule has 2 fully saturated rings. The summed E-state index contributed by atoms with van der Waals surface area (Å²) in [6, 6.07) is 8.68. The Morgan fingerprint density at radius 1 is 1.07 bits per heavy atom. The van der Waals surface area contributed by atoms with E-state index < -0.39 is 16.1 Å². The summed E-state index contributed by atoms with van der Waals surface area (Å²) in [5, 5.41) is 4.21. The minimum atomic E-state index is -3.81. The Labute approximate surface area is 164 Å². The van der Waals surface area contributed by atoms with Crippen molar-refractivity contribution in [2.75, 3.05) is 32.8 Å². The van der Waals surface area contributed by atoms with Gasteiger partial charge in [-0.05, 0) is 25.0 Å². The number of rotatable bonds is 4. The van der Waals surface area contributed by atoms with E-state index in [2.05, 4.69) is 5.10 Å². The first-order valence-corrected chi connectivity index (χ1v) is 11.0. The normalized spacial score (nSPS) is 21.6. The average molecular weight is 404 g/mol. The molecule has 28 heavy (non-hydrogen) atoms. The number of ether oxygens (including phenoxy) is 1. The van der Waals surface area contributed by atoms with E-state index in [-0.39, 0.29) is 10.8 Å². The van der Waals surface area contributed by atoms with Crippen LogP contribution in [0, 0.1) is 0 Å². The van der Waals surface area contributed by atoms with Crippen molar-refractivity contribution in [3.63, 3.8) is 0 Å². The van der Waals surface area contributed by atoms with Crippen LogP contribution in [-0.2, 0) is 19.6 Å². The number of amides is 1. The highest BCUT2D eigenvalue weighted by atomic mass is 32.2. The molecule has 0 aliphatic carbocycles. The molecule has 9 heteroatoms. The fraction of sp³-hybridized carbons (Fsp3) is 0.474. The molecule has 1 unspecified atom stereocenters. The van der Waals surface area contributed by atoms with Gasteiger partial charge in [-0.2, -0.15) is 9.40 Å². The third kappa shape index (κ3) is 3.69. The summed E-state index contributed by atoms with van der Waals surface area (Å²) < 4.78 is 34.8. The number of nitrogens with zero attached hydrogens (tertiary/aromatic N) is 4. The summed E-state index contributed by atoms with van der Waals surface area (Å²) in [5.74, 6) is -0.123. The van der Waals surface area contributed by atoms with Crippen LogP contribution in [0.3, 0.4) is 0 Å². The minimum absolute atomic E-state index is 0.109. The van der Waals surface area contributed by atoms with Crippen LogP contribution in [0.25, 0.3) is 5.69 Å². The summed E-state index contributed by atoms with van der Waals surface area (Å²) in [4.78, 5) is 14.8. The SMILES string of the molecule is O=C(C1CCCCN1S(=O)(=O)c1cnn(-c2ccccc2)c1)N1CCOCC1. The number of sulfonamides is 1. The van der Waals surface area contributed by atoms with E-state index in [9.17, 15) is 13.2 Å². The molecule has 2 aliphatic heterocycles. The summed E-state index contributed by atoms with van der Waals surface area (Å²) in [6.45, 7) is 2.36. The summed E-state index contributed by atoms with van der Waals surface area (Å²) in [7, 11) is -3.81. The first-order chi connectivity index (χ1) is 13.6. The van der Waals surface area contributed by atoms with Gasteiger partial charge in [0.2, 0.25) is 15.9 Å². The molecule has 4 rings (SSSR count). The Morgan fingerprint density at radius 3 is 2.57 bits per heavy atom. The summed E-state index contributed by atoms with van der Waals surface area (Å²) in [5.41, 5.74) is 0.781. The summed E-state index contributed by atoms with van der Waals surface area (Å²) in [6.07, 6.45) is 5.00. The van der Waals surface area contributed by atoms with Gasteiger partial charge >= 0.3 is 0 Å². The second kappa shape index (κ2) is 8.02. The highest BCUT2D eigenvalue weighted by Gasteiger charge is 2.40. The molecule has 0 saturated carbocycles. The van der Waals surface area contributed by atoms with Gasteiger partial charge in [0.05, 0.1) is 31.3 Å². The Kier molecular flexibility index (Phi) is 5.47. The van der Waals surface area contributed by atoms with E-state index in [4.69, 9.17) is 4.74 Å². The van der Waals surface area contributed by atoms with Crippen molar-refractivity contribution in [3.05, 3.63) is 42.7 Å². The van der Waals surface area contributed by atoms with Crippen molar-refractivity contribution in [3.8, 4) is 5.69 Å². The fourth-order valence-electron chi connectivity index (χ4n) is 3.73. The molecule has 0 bridgehead atoms. The number of para-hydroxylation sites is 1. The lowest BCUT2D eigenvalue weighted by atomic mass is 10.0. The average Bonchev–Trinajstić information content (AvgIpc) is 3.26. The topological polar surface area (TPSA) is 84.7 Å². The highest BCUT2D eigenvalue weighted by Crippen LogP contribution is 2.27. The van der Waals surface area contributed by atoms with Crippen molar-refractivity contribution in [1.29, 1.82) is 0 Å². The van der Waals surface area contributed by atoms with Crippen molar-refractivity contribution >= 4 is 15.9 Å². The molecular formula is C19H24N4O4S. The Balaban J connectivity index is 1.59. The van der Waals surface area contributed by atoms with Crippen molar-refractivity contribution in [2.24, 2.45) is 0 Å². The van der Waals surface area contributed by atoms with E-state index >= 15 is 0 Å². The standard InChI is InChI=1S/C19H24N4O4S/c24-19(21-10-12-27-13-11-21)18-8-4-5-9-23(18)28(25,26)17-14-20-22(15-17)16-6-2-1-3-7-16/h1-3,6-7,14-15,18H,4-5,8-13H2. The third-order valence-electron chi connectivity index (χ3n) is 5.25. The quantitative estimate of drug-likeness (QED) is 0.766. The molecule has 2 aromatic rings. The number of hydrogen-bond donors (Lipinski definition) is 0. The zero-order chi connectivity index (χ0) is 19.6. The van der Waals surface area contributed by atoms with Crippen LogP contribution in [0.4, 0.5) is 0 Å². The lowest BCUT2D eigenvalue weighted by Crippen LogP contribution is -2.54. The second-order valence-corrected chi connectivity index (χ2v) is 8.91. The number of carbonyl (C=O) groups is 1. The molecule has 1 aromatic carbocycles. The predicted molar refractivity (Wildman–Crippen MR) is 102 cm³/mol. The molecule has 150 valence electrons. The minimum Gasteiger partial charge on any atom is -0.378 e. The van der Waals surface area contributed by atoms with Gasteiger partial charge in [0.15, 0.2) is 0 Å². The molecule has 1 atom stereocenters. The number of hydrogen-bond acceptors (Lipinski definition) is 5. The fourth-order valence-corrected chi connectivity index (χ4v) is 5.32.